The summed E-state index contributed by atoms with van der Waals surface area (Å²) in [5.74, 6) is -1.42. The van der Waals surface area contributed by atoms with Crippen LogP contribution in [0.5, 0.6) is 0 Å². The van der Waals surface area contributed by atoms with Crippen LogP contribution in [-0.2, 0) is 29.2 Å². The quantitative estimate of drug-likeness (QED) is 0.386. The molecule has 0 bridgehead atoms. The van der Waals surface area contributed by atoms with Crippen LogP contribution in [0.3, 0.4) is 0 Å². The van der Waals surface area contributed by atoms with E-state index in [1.807, 2.05) is 0 Å². The van der Waals surface area contributed by atoms with E-state index < -0.39 is 16.0 Å². The first kappa shape index (κ1) is 25.3. The summed E-state index contributed by atoms with van der Waals surface area (Å²) < 4.78 is 26.6. The van der Waals surface area contributed by atoms with Gasteiger partial charge in [0.15, 0.2) is 0 Å². The Morgan fingerprint density at radius 3 is 2.43 bits per heavy atom. The molecule has 2 N–H and O–H groups in total. The minimum absolute atomic E-state index is 0.0330. The molecule has 0 radical (unpaired) electrons. The topological polar surface area (TPSA) is 152 Å². The highest BCUT2D eigenvalue weighted by molar-refractivity contribution is 7.89. The van der Waals surface area contributed by atoms with Crippen molar-refractivity contribution in [2.24, 2.45) is 5.92 Å². The third-order valence-corrected chi connectivity index (χ3v) is 5.06. The van der Waals surface area contributed by atoms with Crippen LogP contribution >= 0.6 is 0 Å². The Morgan fingerprint density at radius 2 is 1.86 bits per heavy atom. The van der Waals surface area contributed by atoms with Crippen molar-refractivity contribution in [2.45, 2.75) is 43.9 Å². The fourth-order valence-corrected chi connectivity index (χ4v) is 3.34. The lowest BCUT2D eigenvalue weighted by Gasteiger charge is -2.07. The third kappa shape index (κ3) is 10.5. The van der Waals surface area contributed by atoms with Crippen LogP contribution in [0.2, 0.25) is 0 Å². The van der Waals surface area contributed by atoms with Crippen molar-refractivity contribution in [3.63, 3.8) is 0 Å². The molecule has 0 amide bonds. The Morgan fingerprint density at radius 1 is 1.21 bits per heavy atom. The highest BCUT2D eigenvalue weighted by Gasteiger charge is 2.15. The van der Waals surface area contributed by atoms with Crippen molar-refractivity contribution in [2.75, 3.05) is 6.54 Å². The van der Waals surface area contributed by atoms with Crippen LogP contribution in [0.15, 0.2) is 29.2 Å². The summed E-state index contributed by atoms with van der Waals surface area (Å²) in [5, 5.41) is 8.90. The second-order valence-electron chi connectivity index (χ2n) is 5.98. The van der Waals surface area contributed by atoms with Gasteiger partial charge in [-0.2, -0.15) is 9.59 Å². The number of ketones is 1. The molecule has 154 valence electrons. The molecule has 1 aromatic rings. The van der Waals surface area contributed by atoms with Gasteiger partial charge >= 0.3 is 12.1 Å². The van der Waals surface area contributed by atoms with E-state index in [9.17, 15) is 22.8 Å². The second kappa shape index (κ2) is 13.5. The molecule has 0 heterocycles. The highest BCUT2D eigenvalue weighted by Crippen LogP contribution is 2.12. The van der Waals surface area contributed by atoms with Gasteiger partial charge in [0, 0.05) is 25.3 Å². The van der Waals surface area contributed by atoms with Gasteiger partial charge in [0.05, 0.1) is 10.5 Å². The average molecular weight is 413 g/mol. The lowest BCUT2D eigenvalue weighted by molar-refractivity contribution is -0.191. The van der Waals surface area contributed by atoms with Gasteiger partial charge < -0.3 is 9.90 Å². The number of carbonyl (C=O) groups excluding carboxylic acids is 4. The van der Waals surface area contributed by atoms with Gasteiger partial charge in [0.25, 0.3) is 0 Å². The number of aldehydes is 1. The number of Topliss-reactive ketones (excluding diaryl/α,β-unsaturated/α-hetero) is 1. The van der Waals surface area contributed by atoms with E-state index in [1.54, 1.807) is 6.92 Å². The van der Waals surface area contributed by atoms with E-state index in [4.69, 9.17) is 14.7 Å². The zero-order valence-electron chi connectivity index (χ0n) is 15.4. The molecule has 28 heavy (non-hydrogen) atoms. The van der Waals surface area contributed by atoms with Crippen LogP contribution in [0.25, 0.3) is 0 Å². The Labute approximate surface area is 163 Å². The van der Waals surface area contributed by atoms with Crippen molar-refractivity contribution in [1.29, 1.82) is 0 Å². The lowest BCUT2D eigenvalue weighted by atomic mass is 10.0. The van der Waals surface area contributed by atoms with Gasteiger partial charge in [-0.15, -0.1) is 0 Å². The molecule has 1 rings (SSSR count). The van der Waals surface area contributed by atoms with Gasteiger partial charge in [-0.05, 0) is 31.0 Å². The van der Waals surface area contributed by atoms with E-state index in [0.717, 1.165) is 12.4 Å². The SMILES string of the molecule is C[C@@H](C=O)CC(=O)CCCCCNS(=O)(=O)c1cccc(C(=O)O)c1.O=C=O. The molecule has 0 saturated heterocycles. The first-order valence-corrected chi connectivity index (χ1v) is 9.95. The van der Waals surface area contributed by atoms with E-state index in [1.165, 1.54) is 18.2 Å². The first-order valence-electron chi connectivity index (χ1n) is 8.47. The van der Waals surface area contributed by atoms with Crippen molar-refractivity contribution < 1.29 is 37.5 Å². The van der Waals surface area contributed by atoms with Gasteiger partial charge in [0.2, 0.25) is 10.0 Å². The molecule has 0 aliphatic carbocycles. The van der Waals surface area contributed by atoms with Gasteiger partial charge in [0.1, 0.15) is 12.1 Å². The van der Waals surface area contributed by atoms with Crippen molar-refractivity contribution >= 4 is 34.2 Å². The number of benzene rings is 1. The van der Waals surface area contributed by atoms with Gasteiger partial charge in [-0.25, -0.2) is 17.9 Å². The molecule has 0 spiro atoms. The molecular weight excluding hydrogens is 390 g/mol. The number of sulfonamides is 1. The summed E-state index contributed by atoms with van der Waals surface area (Å²) in [4.78, 5) is 49.1. The van der Waals surface area contributed by atoms with E-state index in [2.05, 4.69) is 4.72 Å². The van der Waals surface area contributed by atoms with Crippen molar-refractivity contribution in [1.82, 2.24) is 4.72 Å². The van der Waals surface area contributed by atoms with Crippen LogP contribution in [0, 0.1) is 5.92 Å². The Hall–Kier alpha value is -2.68. The zero-order valence-corrected chi connectivity index (χ0v) is 16.2. The Bertz CT molecular complexity index is 798. The Kier molecular flexibility index (Phi) is 12.2. The van der Waals surface area contributed by atoms with Gasteiger partial charge in [-0.1, -0.05) is 19.4 Å². The molecule has 0 saturated carbocycles. The maximum absolute atomic E-state index is 12.1. The van der Waals surface area contributed by atoms with Crippen molar-refractivity contribution in [3.8, 4) is 0 Å². The smallest absolute Gasteiger partial charge is 0.373 e. The number of carboxylic acids is 1. The molecular formula is C18H23NO8S. The summed E-state index contributed by atoms with van der Waals surface area (Å²) >= 11 is 0. The fourth-order valence-electron chi connectivity index (χ4n) is 2.22. The normalized spacial score (nSPS) is 11.5. The van der Waals surface area contributed by atoms with Gasteiger partial charge in [-0.3, -0.25) is 4.79 Å². The summed E-state index contributed by atoms with van der Waals surface area (Å²) in [6.07, 6.45) is 3.52. The molecule has 0 aliphatic heterocycles. The van der Waals surface area contributed by atoms with Crippen LogP contribution in [-0.4, -0.2) is 44.3 Å². The maximum Gasteiger partial charge on any atom is 0.373 e. The molecule has 10 heteroatoms. The molecule has 1 aromatic carbocycles. The number of carboxylic acid groups (broad SMARTS) is 1. The summed E-state index contributed by atoms with van der Waals surface area (Å²) in [7, 11) is -3.76. The number of unbranched alkanes of at least 4 members (excludes halogenated alkanes) is 2. The van der Waals surface area contributed by atoms with Crippen LogP contribution < -0.4 is 4.72 Å². The number of carbonyl (C=O) groups is 3. The zero-order chi connectivity index (χ0) is 21.6. The molecule has 9 nitrogen and oxygen atoms in total. The van der Waals surface area contributed by atoms with Crippen molar-refractivity contribution in [3.05, 3.63) is 29.8 Å². The molecule has 0 aromatic heterocycles. The summed E-state index contributed by atoms with van der Waals surface area (Å²) in [6.45, 7) is 1.90. The van der Waals surface area contributed by atoms with E-state index in [0.29, 0.717) is 25.7 Å². The minimum atomic E-state index is -3.76. The molecule has 1 atom stereocenters. The molecule has 0 unspecified atom stereocenters. The number of aromatic carboxylic acids is 1. The lowest BCUT2D eigenvalue weighted by Crippen LogP contribution is -2.25. The highest BCUT2D eigenvalue weighted by atomic mass is 32.2. The van der Waals surface area contributed by atoms with E-state index >= 15 is 0 Å². The maximum atomic E-state index is 12.1. The Balaban J connectivity index is 0.00000227. The van der Waals surface area contributed by atoms with Crippen LogP contribution in [0.4, 0.5) is 0 Å². The number of hydrogen-bond acceptors (Lipinski definition) is 7. The predicted octanol–water partition coefficient (Wildman–Crippen LogP) is 1.43. The summed E-state index contributed by atoms with van der Waals surface area (Å²) in [5.41, 5.74) is -0.0917. The minimum Gasteiger partial charge on any atom is -0.478 e. The standard InChI is InChI=1S/C17H23NO6S.CO2/c1-13(12-19)10-15(20)7-3-2-4-9-18-25(23,24)16-8-5-6-14(11-16)17(21)22;2-1-3/h5-6,8,11-13,18H,2-4,7,9-10H2,1H3,(H,21,22);/t13-;/m1./s1. The number of rotatable bonds is 12. The fraction of sp³-hybridized carbons (Fsp3) is 0.444. The third-order valence-electron chi connectivity index (χ3n) is 3.60. The predicted molar refractivity (Wildman–Crippen MR) is 96.9 cm³/mol. The average Bonchev–Trinajstić information content (AvgIpc) is 2.65. The monoisotopic (exact) mass is 413 g/mol. The molecule has 0 fully saturated rings. The summed E-state index contributed by atoms with van der Waals surface area (Å²) in [6, 6.07) is 5.15. The largest absolute Gasteiger partial charge is 0.478 e. The first-order chi connectivity index (χ1) is 13.2. The second-order valence-corrected chi connectivity index (χ2v) is 7.75. The van der Waals surface area contributed by atoms with E-state index in [-0.39, 0.29) is 41.3 Å². The number of nitrogens with one attached hydrogen (secondary N) is 1. The van der Waals surface area contributed by atoms with Crippen LogP contribution in [0.1, 0.15) is 49.4 Å². The molecule has 0 aliphatic rings. The number of hydrogen-bond donors (Lipinski definition) is 2.